The Morgan fingerprint density at radius 1 is 0.833 bits per heavy atom. The summed E-state index contributed by atoms with van der Waals surface area (Å²) in [5, 5.41) is 5.49. The molecule has 3 rings (SSSR count). The average Bonchev–Trinajstić information content (AvgIpc) is 2.75. The Morgan fingerprint density at radius 3 is 2.07 bits per heavy atom. The van der Waals surface area contributed by atoms with E-state index in [0.29, 0.717) is 30.1 Å². The van der Waals surface area contributed by atoms with Crippen molar-refractivity contribution in [2.45, 2.75) is 6.92 Å². The Kier molecular flexibility index (Phi) is 7.05. The van der Waals surface area contributed by atoms with E-state index >= 15 is 0 Å². The number of carbonyl (C=O) groups is 2. The Balaban J connectivity index is 1.47. The molecule has 3 amide bonds. The van der Waals surface area contributed by atoms with Crippen LogP contribution in [0.3, 0.4) is 0 Å². The lowest BCUT2D eigenvalue weighted by molar-refractivity contribution is 0.0774. The van der Waals surface area contributed by atoms with Gasteiger partial charge in [0.1, 0.15) is 12.4 Å². The Morgan fingerprint density at radius 2 is 1.43 bits per heavy atom. The number of urea groups is 1. The first kappa shape index (κ1) is 20.9. The average molecular weight is 403 g/mol. The Bertz CT molecular complexity index is 971. The minimum Gasteiger partial charge on any atom is -0.492 e. The molecule has 3 aromatic carbocycles. The second kappa shape index (κ2) is 10.1. The summed E-state index contributed by atoms with van der Waals surface area (Å²) >= 11 is 0. The number of likely N-dealkylation sites (N-methyl/N-ethyl adjacent to an activating group) is 1. The van der Waals surface area contributed by atoms with Gasteiger partial charge in [0, 0.05) is 24.0 Å². The summed E-state index contributed by atoms with van der Waals surface area (Å²) in [7, 11) is 1.74. The van der Waals surface area contributed by atoms with Gasteiger partial charge in [-0.15, -0.1) is 0 Å². The van der Waals surface area contributed by atoms with Gasteiger partial charge in [-0.3, -0.25) is 4.79 Å². The number of hydrogen-bond donors (Lipinski definition) is 2. The van der Waals surface area contributed by atoms with E-state index in [9.17, 15) is 9.59 Å². The van der Waals surface area contributed by atoms with Gasteiger partial charge in [0.05, 0.1) is 6.54 Å². The zero-order valence-electron chi connectivity index (χ0n) is 17.1. The van der Waals surface area contributed by atoms with Crippen molar-refractivity contribution in [2.24, 2.45) is 0 Å². The number of para-hydroxylation sites is 1. The molecule has 0 bridgehead atoms. The van der Waals surface area contributed by atoms with Gasteiger partial charge in [0.2, 0.25) is 0 Å². The summed E-state index contributed by atoms with van der Waals surface area (Å²) in [5.41, 5.74) is 3.02. The van der Waals surface area contributed by atoms with Gasteiger partial charge >= 0.3 is 6.03 Å². The normalized spacial score (nSPS) is 10.2. The molecule has 0 heterocycles. The number of carbonyl (C=O) groups excluding carboxylic acids is 2. The van der Waals surface area contributed by atoms with E-state index in [1.807, 2.05) is 49.4 Å². The summed E-state index contributed by atoms with van der Waals surface area (Å²) in [4.78, 5) is 26.2. The molecular formula is C24H25N3O3. The molecule has 0 aliphatic carbocycles. The number of anilines is 2. The number of nitrogens with one attached hydrogen (secondary N) is 2. The number of ether oxygens (including phenoxy) is 1. The molecule has 0 aromatic heterocycles. The second-order valence-corrected chi connectivity index (χ2v) is 6.91. The molecule has 0 atom stereocenters. The first-order chi connectivity index (χ1) is 14.5. The minimum absolute atomic E-state index is 0.109. The first-order valence-electron chi connectivity index (χ1n) is 9.69. The third-order valence-electron chi connectivity index (χ3n) is 4.48. The molecule has 2 N–H and O–H groups in total. The van der Waals surface area contributed by atoms with Crippen molar-refractivity contribution in [2.75, 3.05) is 30.8 Å². The van der Waals surface area contributed by atoms with Crippen molar-refractivity contribution in [1.82, 2.24) is 4.90 Å². The van der Waals surface area contributed by atoms with Crippen molar-refractivity contribution < 1.29 is 14.3 Å². The lowest BCUT2D eigenvalue weighted by Gasteiger charge is -2.18. The predicted molar refractivity (Wildman–Crippen MR) is 119 cm³/mol. The van der Waals surface area contributed by atoms with Crippen LogP contribution in [0.4, 0.5) is 16.2 Å². The number of amides is 3. The molecule has 6 heteroatoms. The standard InChI is InChI=1S/C24H25N3O3/c1-18-8-14-22(15-9-18)30-17-16-27(2)23(28)19-10-12-21(13-11-19)26-24(29)25-20-6-4-3-5-7-20/h3-15H,16-17H2,1-2H3,(H2,25,26,29). The molecule has 0 aliphatic rings. The van der Waals surface area contributed by atoms with Crippen molar-refractivity contribution in [1.29, 1.82) is 0 Å². The summed E-state index contributed by atoms with van der Waals surface area (Å²) < 4.78 is 5.68. The van der Waals surface area contributed by atoms with Crippen LogP contribution in [0.1, 0.15) is 15.9 Å². The third-order valence-corrected chi connectivity index (χ3v) is 4.48. The molecule has 0 saturated heterocycles. The fourth-order valence-corrected chi connectivity index (χ4v) is 2.77. The van der Waals surface area contributed by atoms with Gasteiger partial charge in [0.25, 0.3) is 5.91 Å². The second-order valence-electron chi connectivity index (χ2n) is 6.91. The molecule has 154 valence electrons. The van der Waals surface area contributed by atoms with E-state index in [2.05, 4.69) is 10.6 Å². The molecule has 0 aliphatic heterocycles. The van der Waals surface area contributed by atoms with Gasteiger partial charge in [-0.1, -0.05) is 35.9 Å². The van der Waals surface area contributed by atoms with Crippen LogP contribution < -0.4 is 15.4 Å². The largest absolute Gasteiger partial charge is 0.492 e. The van der Waals surface area contributed by atoms with Crippen molar-refractivity contribution in [3.8, 4) is 5.75 Å². The van der Waals surface area contributed by atoms with E-state index in [0.717, 1.165) is 5.75 Å². The molecule has 6 nitrogen and oxygen atoms in total. The highest BCUT2D eigenvalue weighted by molar-refractivity contribution is 6.00. The number of rotatable bonds is 7. The van der Waals surface area contributed by atoms with Crippen LogP contribution in [0.2, 0.25) is 0 Å². The number of aryl methyl sites for hydroxylation is 1. The predicted octanol–water partition coefficient (Wildman–Crippen LogP) is 4.79. The molecule has 30 heavy (non-hydrogen) atoms. The summed E-state index contributed by atoms with van der Waals surface area (Å²) in [6.07, 6.45) is 0. The van der Waals surface area contributed by atoms with Crippen LogP contribution in [0.25, 0.3) is 0 Å². The molecule has 0 radical (unpaired) electrons. The van der Waals surface area contributed by atoms with E-state index in [1.165, 1.54) is 5.56 Å². The van der Waals surface area contributed by atoms with Crippen LogP contribution in [-0.4, -0.2) is 37.0 Å². The fourth-order valence-electron chi connectivity index (χ4n) is 2.77. The first-order valence-corrected chi connectivity index (χ1v) is 9.69. The van der Waals surface area contributed by atoms with Crippen molar-refractivity contribution >= 4 is 23.3 Å². The molecule has 0 fully saturated rings. The van der Waals surface area contributed by atoms with Gasteiger partial charge in [-0.25, -0.2) is 4.79 Å². The highest BCUT2D eigenvalue weighted by Gasteiger charge is 2.12. The lowest BCUT2D eigenvalue weighted by atomic mass is 10.2. The van der Waals surface area contributed by atoms with E-state index in [4.69, 9.17) is 4.74 Å². The number of nitrogens with zero attached hydrogens (tertiary/aromatic N) is 1. The maximum absolute atomic E-state index is 12.6. The molecule has 3 aromatic rings. The van der Waals surface area contributed by atoms with Gasteiger partial charge in [-0.05, 0) is 55.5 Å². The van der Waals surface area contributed by atoms with E-state index < -0.39 is 0 Å². The minimum atomic E-state index is -0.342. The number of hydrogen-bond acceptors (Lipinski definition) is 3. The SMILES string of the molecule is Cc1ccc(OCCN(C)C(=O)c2ccc(NC(=O)Nc3ccccc3)cc2)cc1. The lowest BCUT2D eigenvalue weighted by Crippen LogP contribution is -2.30. The fraction of sp³-hybridized carbons (Fsp3) is 0.167. The van der Waals surface area contributed by atoms with Crippen LogP contribution in [0.15, 0.2) is 78.9 Å². The zero-order chi connectivity index (χ0) is 21.3. The summed E-state index contributed by atoms with van der Waals surface area (Å²) in [6.45, 7) is 2.89. The van der Waals surface area contributed by atoms with Gasteiger partial charge in [-0.2, -0.15) is 0 Å². The maximum atomic E-state index is 12.6. The highest BCUT2D eigenvalue weighted by Crippen LogP contribution is 2.14. The van der Waals surface area contributed by atoms with E-state index in [-0.39, 0.29) is 11.9 Å². The monoisotopic (exact) mass is 403 g/mol. The smallest absolute Gasteiger partial charge is 0.323 e. The Hall–Kier alpha value is -3.80. The van der Waals surface area contributed by atoms with Crippen LogP contribution in [-0.2, 0) is 0 Å². The van der Waals surface area contributed by atoms with Crippen molar-refractivity contribution in [3.05, 3.63) is 90.0 Å². The zero-order valence-corrected chi connectivity index (χ0v) is 17.1. The Labute approximate surface area is 176 Å². The molecular weight excluding hydrogens is 378 g/mol. The van der Waals surface area contributed by atoms with Crippen molar-refractivity contribution in [3.63, 3.8) is 0 Å². The van der Waals surface area contributed by atoms with Gasteiger partial charge in [0.15, 0.2) is 0 Å². The van der Waals surface area contributed by atoms with Crippen LogP contribution in [0, 0.1) is 6.92 Å². The van der Waals surface area contributed by atoms with Crippen LogP contribution in [0.5, 0.6) is 5.75 Å². The molecule has 0 saturated carbocycles. The van der Waals surface area contributed by atoms with Crippen LogP contribution >= 0.6 is 0 Å². The number of benzene rings is 3. The summed E-state index contributed by atoms with van der Waals surface area (Å²) in [5.74, 6) is 0.674. The van der Waals surface area contributed by atoms with Gasteiger partial charge < -0.3 is 20.3 Å². The highest BCUT2D eigenvalue weighted by atomic mass is 16.5. The quantitative estimate of drug-likeness (QED) is 0.596. The topological polar surface area (TPSA) is 70.7 Å². The summed E-state index contributed by atoms with van der Waals surface area (Å²) in [6, 6.07) is 23.4. The maximum Gasteiger partial charge on any atom is 0.323 e. The molecule has 0 unspecified atom stereocenters. The third kappa shape index (κ3) is 6.10. The van der Waals surface area contributed by atoms with E-state index in [1.54, 1.807) is 48.3 Å². The molecule has 0 spiro atoms.